The van der Waals surface area contributed by atoms with Crippen molar-refractivity contribution in [2.75, 3.05) is 0 Å². The summed E-state index contributed by atoms with van der Waals surface area (Å²) in [6.07, 6.45) is -0.511. The molecule has 0 unspecified atom stereocenters. The Morgan fingerprint density at radius 1 is 1.25 bits per heavy atom. The lowest BCUT2D eigenvalue weighted by Gasteiger charge is -2.14. The Morgan fingerprint density at radius 2 is 2.00 bits per heavy atom. The zero-order valence-electron chi connectivity index (χ0n) is 13.1. The van der Waals surface area contributed by atoms with E-state index in [0.717, 1.165) is 0 Å². The molecule has 0 radical (unpaired) electrons. The predicted molar refractivity (Wildman–Crippen MR) is 89.2 cm³/mol. The van der Waals surface area contributed by atoms with Crippen molar-refractivity contribution in [1.29, 1.82) is 0 Å². The number of ether oxygens (including phenoxy) is 1. The van der Waals surface area contributed by atoms with E-state index in [1.165, 1.54) is 12.1 Å². The molecule has 2 aromatic carbocycles. The number of rotatable bonds is 4. The highest BCUT2D eigenvalue weighted by Gasteiger charge is 2.15. The smallest absolute Gasteiger partial charge is 0.272 e. The first-order valence-corrected chi connectivity index (χ1v) is 7.36. The van der Waals surface area contributed by atoms with Crippen molar-refractivity contribution < 1.29 is 9.66 Å². The van der Waals surface area contributed by atoms with Gasteiger partial charge < -0.3 is 9.72 Å². The molecule has 24 heavy (non-hydrogen) atoms. The third-order valence-electron chi connectivity index (χ3n) is 3.69. The first-order chi connectivity index (χ1) is 11.5. The highest BCUT2D eigenvalue weighted by atomic mass is 16.6. The molecule has 0 bridgehead atoms. The zero-order valence-corrected chi connectivity index (χ0v) is 13.1. The van der Waals surface area contributed by atoms with Crippen molar-refractivity contribution in [3.8, 4) is 5.75 Å². The Hall–Kier alpha value is -3.22. The Kier molecular flexibility index (Phi) is 3.99. The molecular formula is C17H15N3O4. The maximum atomic E-state index is 12.1. The second-order valence-corrected chi connectivity index (χ2v) is 5.43. The van der Waals surface area contributed by atoms with Gasteiger partial charge in [-0.15, -0.1) is 0 Å². The van der Waals surface area contributed by atoms with Gasteiger partial charge in [-0.3, -0.25) is 14.9 Å². The standard InChI is InChI=1S/C17H15N3O4/c1-10-9-12(7-8-15(10)20(22)23)24-11(2)16-18-14-6-4-3-5-13(14)17(21)19-16/h3-9,11H,1-2H3,(H,18,19,21)/t11-/m0/s1. The minimum absolute atomic E-state index is 0.0345. The van der Waals surface area contributed by atoms with Crippen LogP contribution in [0.2, 0.25) is 0 Å². The summed E-state index contributed by atoms with van der Waals surface area (Å²) in [6.45, 7) is 3.40. The summed E-state index contributed by atoms with van der Waals surface area (Å²) in [7, 11) is 0. The van der Waals surface area contributed by atoms with Crippen LogP contribution in [0.1, 0.15) is 24.4 Å². The van der Waals surface area contributed by atoms with Gasteiger partial charge in [0.2, 0.25) is 0 Å². The molecule has 122 valence electrons. The lowest BCUT2D eigenvalue weighted by Crippen LogP contribution is -2.16. The van der Waals surface area contributed by atoms with Gasteiger partial charge in [0, 0.05) is 11.6 Å². The summed E-state index contributed by atoms with van der Waals surface area (Å²) < 4.78 is 5.76. The number of para-hydroxylation sites is 1. The van der Waals surface area contributed by atoms with Gasteiger partial charge in [0.25, 0.3) is 11.2 Å². The lowest BCUT2D eigenvalue weighted by molar-refractivity contribution is -0.385. The van der Waals surface area contributed by atoms with E-state index in [4.69, 9.17) is 4.74 Å². The number of aromatic nitrogens is 2. The number of hydrogen-bond donors (Lipinski definition) is 1. The zero-order chi connectivity index (χ0) is 17.3. The Balaban J connectivity index is 1.90. The summed E-state index contributed by atoms with van der Waals surface area (Å²) in [6, 6.07) is 11.6. The number of hydrogen-bond acceptors (Lipinski definition) is 5. The van der Waals surface area contributed by atoms with Crippen molar-refractivity contribution in [1.82, 2.24) is 9.97 Å². The monoisotopic (exact) mass is 325 g/mol. The van der Waals surface area contributed by atoms with E-state index in [1.807, 2.05) is 6.07 Å². The molecular weight excluding hydrogens is 310 g/mol. The highest BCUT2D eigenvalue weighted by Crippen LogP contribution is 2.26. The summed E-state index contributed by atoms with van der Waals surface area (Å²) >= 11 is 0. The third kappa shape index (κ3) is 2.96. The van der Waals surface area contributed by atoms with Crippen LogP contribution in [-0.2, 0) is 0 Å². The van der Waals surface area contributed by atoms with Gasteiger partial charge in [-0.2, -0.15) is 0 Å². The Labute approximate surface area is 137 Å². The highest BCUT2D eigenvalue weighted by molar-refractivity contribution is 5.77. The van der Waals surface area contributed by atoms with E-state index in [0.29, 0.717) is 28.0 Å². The number of nitrogens with one attached hydrogen (secondary N) is 1. The summed E-state index contributed by atoms with van der Waals surface area (Å²) in [4.78, 5) is 29.6. The number of benzene rings is 2. The van der Waals surface area contributed by atoms with Crippen molar-refractivity contribution >= 4 is 16.6 Å². The van der Waals surface area contributed by atoms with Crippen LogP contribution in [0.15, 0.2) is 47.3 Å². The van der Waals surface area contributed by atoms with Crippen LogP contribution in [0.3, 0.4) is 0 Å². The SMILES string of the molecule is Cc1cc(O[C@@H](C)c2nc3ccccc3c(=O)[nH]2)ccc1[N+](=O)[O-]. The Bertz CT molecular complexity index is 981. The number of fused-ring (bicyclic) bond motifs is 1. The minimum Gasteiger partial charge on any atom is -0.483 e. The van der Waals surface area contributed by atoms with E-state index < -0.39 is 11.0 Å². The van der Waals surface area contributed by atoms with Crippen LogP contribution in [0.25, 0.3) is 10.9 Å². The largest absolute Gasteiger partial charge is 0.483 e. The van der Waals surface area contributed by atoms with Crippen molar-refractivity contribution in [2.45, 2.75) is 20.0 Å². The number of nitro benzene ring substituents is 1. The third-order valence-corrected chi connectivity index (χ3v) is 3.69. The lowest BCUT2D eigenvalue weighted by atomic mass is 10.2. The number of nitro groups is 1. The van der Waals surface area contributed by atoms with E-state index in [2.05, 4.69) is 9.97 Å². The maximum Gasteiger partial charge on any atom is 0.272 e. The fourth-order valence-corrected chi connectivity index (χ4v) is 2.46. The fourth-order valence-electron chi connectivity index (χ4n) is 2.46. The fraction of sp³-hybridized carbons (Fsp3) is 0.176. The average molecular weight is 325 g/mol. The van der Waals surface area contributed by atoms with Gasteiger partial charge in [0.15, 0.2) is 11.9 Å². The molecule has 1 aromatic heterocycles. The number of aromatic amines is 1. The normalized spacial score (nSPS) is 12.1. The second kappa shape index (κ2) is 6.11. The van der Waals surface area contributed by atoms with Gasteiger partial charge >= 0.3 is 0 Å². The summed E-state index contributed by atoms with van der Waals surface area (Å²) in [5.41, 5.74) is 0.898. The topological polar surface area (TPSA) is 98.1 Å². The van der Waals surface area contributed by atoms with E-state index in [9.17, 15) is 14.9 Å². The summed E-state index contributed by atoms with van der Waals surface area (Å²) in [5.74, 6) is 0.871. The molecule has 7 nitrogen and oxygen atoms in total. The molecule has 3 aromatic rings. The van der Waals surface area contributed by atoms with Gasteiger partial charge in [-0.1, -0.05) is 12.1 Å². The molecule has 0 aliphatic rings. The van der Waals surface area contributed by atoms with Gasteiger partial charge in [-0.25, -0.2) is 4.98 Å². The van der Waals surface area contributed by atoms with Gasteiger partial charge in [0.1, 0.15) is 5.75 Å². The van der Waals surface area contributed by atoms with Crippen molar-refractivity contribution in [3.63, 3.8) is 0 Å². The Morgan fingerprint density at radius 3 is 2.71 bits per heavy atom. The van der Waals surface area contributed by atoms with Crippen LogP contribution in [0.5, 0.6) is 5.75 Å². The predicted octanol–water partition coefficient (Wildman–Crippen LogP) is 3.28. The molecule has 1 N–H and O–H groups in total. The molecule has 0 saturated carbocycles. The number of aryl methyl sites for hydroxylation is 1. The van der Waals surface area contributed by atoms with Gasteiger partial charge in [0.05, 0.1) is 15.8 Å². The van der Waals surface area contributed by atoms with Crippen molar-refractivity contribution in [2.24, 2.45) is 0 Å². The van der Waals surface area contributed by atoms with Crippen LogP contribution < -0.4 is 10.3 Å². The van der Waals surface area contributed by atoms with Crippen LogP contribution >= 0.6 is 0 Å². The van der Waals surface area contributed by atoms with Crippen LogP contribution in [0, 0.1) is 17.0 Å². The first-order valence-electron chi connectivity index (χ1n) is 7.36. The molecule has 7 heteroatoms. The van der Waals surface area contributed by atoms with E-state index in [1.54, 1.807) is 38.1 Å². The van der Waals surface area contributed by atoms with E-state index in [-0.39, 0.29) is 11.2 Å². The molecule has 0 aliphatic heterocycles. The molecule has 1 heterocycles. The second-order valence-electron chi connectivity index (χ2n) is 5.43. The molecule has 0 saturated heterocycles. The number of nitrogens with zero attached hydrogens (tertiary/aromatic N) is 2. The molecule has 0 spiro atoms. The van der Waals surface area contributed by atoms with Crippen molar-refractivity contribution in [3.05, 3.63) is 74.3 Å². The molecule has 0 fully saturated rings. The van der Waals surface area contributed by atoms with Gasteiger partial charge in [-0.05, 0) is 38.1 Å². The molecule has 0 amide bonds. The van der Waals surface area contributed by atoms with E-state index >= 15 is 0 Å². The molecule has 1 atom stereocenters. The quantitative estimate of drug-likeness (QED) is 0.586. The maximum absolute atomic E-state index is 12.1. The van der Waals surface area contributed by atoms with Crippen LogP contribution in [0.4, 0.5) is 5.69 Å². The summed E-state index contributed by atoms with van der Waals surface area (Å²) in [5, 5.41) is 11.4. The molecule has 0 aliphatic carbocycles. The number of H-pyrrole nitrogens is 1. The first kappa shape index (κ1) is 15.7. The minimum atomic E-state index is -0.511. The molecule has 3 rings (SSSR count). The average Bonchev–Trinajstić information content (AvgIpc) is 2.54. The van der Waals surface area contributed by atoms with Crippen LogP contribution in [-0.4, -0.2) is 14.9 Å².